The Hall–Kier alpha value is -2.35. The normalized spacial score (nSPS) is 14.8. The average Bonchev–Trinajstić information content (AvgIpc) is 2.70. The lowest BCUT2D eigenvalue weighted by molar-refractivity contribution is 0.350. The molecule has 0 radical (unpaired) electrons. The number of nitrogen functional groups attached to an aromatic ring is 1. The fourth-order valence-corrected chi connectivity index (χ4v) is 4.20. The summed E-state index contributed by atoms with van der Waals surface area (Å²) in [5, 5.41) is 3.37. The van der Waals surface area contributed by atoms with Gasteiger partial charge in [-0.3, -0.25) is 0 Å². The highest BCUT2D eigenvalue weighted by molar-refractivity contribution is 7.99. The van der Waals surface area contributed by atoms with E-state index in [0.717, 1.165) is 29.9 Å². The Balaban J connectivity index is 1.82. The van der Waals surface area contributed by atoms with Gasteiger partial charge < -0.3 is 25.3 Å². The van der Waals surface area contributed by atoms with Crippen LogP contribution in [0.4, 0.5) is 11.8 Å². The summed E-state index contributed by atoms with van der Waals surface area (Å²) < 4.78 is 16.9. The zero-order valence-corrected chi connectivity index (χ0v) is 17.6. The summed E-state index contributed by atoms with van der Waals surface area (Å²) >= 11 is 1.98. The molecule has 28 heavy (non-hydrogen) atoms. The van der Waals surface area contributed by atoms with Crippen molar-refractivity contribution < 1.29 is 14.2 Å². The van der Waals surface area contributed by atoms with Gasteiger partial charge in [0.1, 0.15) is 5.75 Å². The molecule has 0 saturated carbocycles. The van der Waals surface area contributed by atoms with Crippen molar-refractivity contribution in [2.24, 2.45) is 0 Å². The summed E-state index contributed by atoms with van der Waals surface area (Å²) in [6.07, 6.45) is 3.83. The molecule has 1 fully saturated rings. The van der Waals surface area contributed by atoms with Crippen molar-refractivity contribution in [3.05, 3.63) is 23.9 Å². The van der Waals surface area contributed by atoms with Gasteiger partial charge in [0.15, 0.2) is 23.1 Å². The second-order valence-corrected chi connectivity index (χ2v) is 8.20. The van der Waals surface area contributed by atoms with Crippen LogP contribution in [-0.4, -0.2) is 41.7 Å². The van der Waals surface area contributed by atoms with Gasteiger partial charge in [-0.15, -0.1) is 0 Å². The highest BCUT2D eigenvalue weighted by Crippen LogP contribution is 2.40. The lowest BCUT2D eigenvalue weighted by atomic mass is 10.0. The van der Waals surface area contributed by atoms with Crippen molar-refractivity contribution in [3.63, 3.8) is 0 Å². The zero-order chi connectivity index (χ0) is 20.1. The standard InChI is InChI=1S/C20H28N4O3S/c1-12(2)14-9-16(25-3)17(26-4)10-15(14)27-18-11-22-20(24-19(18)21)23-13-5-7-28-8-6-13/h9-13H,5-8H2,1-4H3,(H3,21,22,23,24). The summed E-state index contributed by atoms with van der Waals surface area (Å²) in [6, 6.07) is 4.12. The maximum atomic E-state index is 6.15. The number of rotatable bonds is 7. The van der Waals surface area contributed by atoms with Crippen LogP contribution in [0.25, 0.3) is 0 Å². The summed E-state index contributed by atoms with van der Waals surface area (Å²) in [5.74, 6) is 5.69. The number of benzene rings is 1. The van der Waals surface area contributed by atoms with E-state index >= 15 is 0 Å². The first kappa shape index (κ1) is 20.4. The third-order valence-electron chi connectivity index (χ3n) is 4.70. The Morgan fingerprint density at radius 3 is 2.36 bits per heavy atom. The minimum Gasteiger partial charge on any atom is -0.493 e. The Bertz CT molecular complexity index is 810. The molecule has 2 heterocycles. The highest BCUT2D eigenvalue weighted by Gasteiger charge is 2.18. The Morgan fingerprint density at radius 1 is 1.07 bits per heavy atom. The average molecular weight is 405 g/mol. The molecule has 1 aromatic heterocycles. The first-order valence-corrected chi connectivity index (χ1v) is 10.6. The molecule has 8 heteroatoms. The first-order valence-electron chi connectivity index (χ1n) is 9.42. The maximum absolute atomic E-state index is 6.15. The van der Waals surface area contributed by atoms with Crippen molar-refractivity contribution in [1.29, 1.82) is 0 Å². The summed E-state index contributed by atoms with van der Waals surface area (Å²) in [5.41, 5.74) is 7.14. The molecule has 0 unspecified atom stereocenters. The van der Waals surface area contributed by atoms with Crippen molar-refractivity contribution in [2.45, 2.75) is 38.6 Å². The number of ether oxygens (including phenoxy) is 3. The molecule has 1 aromatic carbocycles. The molecule has 0 amide bonds. The number of thioether (sulfide) groups is 1. The molecule has 152 valence electrons. The topological polar surface area (TPSA) is 91.5 Å². The van der Waals surface area contributed by atoms with Crippen LogP contribution in [0.15, 0.2) is 18.3 Å². The van der Waals surface area contributed by atoms with Crippen molar-refractivity contribution >= 4 is 23.5 Å². The summed E-state index contributed by atoms with van der Waals surface area (Å²) in [6.45, 7) is 4.17. The Labute approximate surface area is 170 Å². The van der Waals surface area contributed by atoms with Gasteiger partial charge in [0, 0.05) is 17.7 Å². The van der Waals surface area contributed by atoms with E-state index in [4.69, 9.17) is 19.9 Å². The molecule has 3 rings (SSSR count). The number of hydrogen-bond donors (Lipinski definition) is 2. The van der Waals surface area contributed by atoms with Crippen LogP contribution in [0.2, 0.25) is 0 Å². The molecule has 3 N–H and O–H groups in total. The van der Waals surface area contributed by atoms with Gasteiger partial charge in [0.25, 0.3) is 0 Å². The second kappa shape index (κ2) is 9.23. The van der Waals surface area contributed by atoms with E-state index in [2.05, 4.69) is 29.1 Å². The van der Waals surface area contributed by atoms with Gasteiger partial charge in [-0.1, -0.05) is 13.8 Å². The minimum absolute atomic E-state index is 0.224. The van der Waals surface area contributed by atoms with E-state index in [1.165, 1.54) is 0 Å². The van der Waals surface area contributed by atoms with Crippen LogP contribution in [0.1, 0.15) is 38.2 Å². The third kappa shape index (κ3) is 4.73. The van der Waals surface area contributed by atoms with Gasteiger partial charge >= 0.3 is 0 Å². The number of hydrogen-bond acceptors (Lipinski definition) is 8. The van der Waals surface area contributed by atoms with Crippen LogP contribution in [-0.2, 0) is 0 Å². The van der Waals surface area contributed by atoms with Gasteiger partial charge in [0.2, 0.25) is 5.95 Å². The molecule has 7 nitrogen and oxygen atoms in total. The van der Waals surface area contributed by atoms with E-state index < -0.39 is 0 Å². The molecular formula is C20H28N4O3S. The largest absolute Gasteiger partial charge is 0.493 e. The number of anilines is 2. The van der Waals surface area contributed by atoms with Crippen molar-refractivity contribution in [3.8, 4) is 23.0 Å². The fraction of sp³-hybridized carbons (Fsp3) is 0.500. The van der Waals surface area contributed by atoms with E-state index in [1.54, 1.807) is 26.5 Å². The lowest BCUT2D eigenvalue weighted by Gasteiger charge is -2.22. The van der Waals surface area contributed by atoms with Gasteiger partial charge in [-0.2, -0.15) is 16.7 Å². The Kier molecular flexibility index (Phi) is 6.72. The lowest BCUT2D eigenvalue weighted by Crippen LogP contribution is -2.25. The maximum Gasteiger partial charge on any atom is 0.225 e. The fourth-order valence-electron chi connectivity index (χ4n) is 3.09. The monoisotopic (exact) mass is 404 g/mol. The van der Waals surface area contributed by atoms with Crippen LogP contribution in [0, 0.1) is 0 Å². The molecule has 2 aromatic rings. The molecule has 1 aliphatic heterocycles. The van der Waals surface area contributed by atoms with E-state index in [-0.39, 0.29) is 5.92 Å². The number of nitrogens with one attached hydrogen (secondary N) is 1. The first-order chi connectivity index (χ1) is 13.5. The number of nitrogens with two attached hydrogens (primary N) is 1. The van der Waals surface area contributed by atoms with Crippen LogP contribution in [0.5, 0.6) is 23.0 Å². The summed E-state index contributed by atoms with van der Waals surface area (Å²) in [7, 11) is 3.21. The van der Waals surface area contributed by atoms with Crippen LogP contribution in [0.3, 0.4) is 0 Å². The van der Waals surface area contributed by atoms with Crippen LogP contribution >= 0.6 is 11.8 Å². The zero-order valence-electron chi connectivity index (χ0n) is 16.8. The highest BCUT2D eigenvalue weighted by atomic mass is 32.2. The molecule has 0 atom stereocenters. The molecule has 0 aliphatic carbocycles. The number of nitrogens with zero attached hydrogens (tertiary/aromatic N) is 2. The van der Waals surface area contributed by atoms with Crippen LogP contribution < -0.4 is 25.3 Å². The van der Waals surface area contributed by atoms with Gasteiger partial charge in [-0.25, -0.2) is 4.98 Å². The SMILES string of the molecule is COc1cc(Oc2cnc(NC3CCSCC3)nc2N)c(C(C)C)cc1OC. The predicted octanol–water partition coefficient (Wildman–Crippen LogP) is 4.30. The third-order valence-corrected chi connectivity index (χ3v) is 5.74. The molecule has 0 bridgehead atoms. The van der Waals surface area contributed by atoms with E-state index in [1.807, 2.05) is 17.8 Å². The Morgan fingerprint density at radius 2 is 1.75 bits per heavy atom. The molecule has 0 spiro atoms. The van der Waals surface area contributed by atoms with Gasteiger partial charge in [0.05, 0.1) is 20.4 Å². The minimum atomic E-state index is 0.224. The quantitative estimate of drug-likeness (QED) is 0.706. The van der Waals surface area contributed by atoms with E-state index in [9.17, 15) is 0 Å². The number of methoxy groups -OCH3 is 2. The summed E-state index contributed by atoms with van der Waals surface area (Å²) in [4.78, 5) is 8.77. The van der Waals surface area contributed by atoms with Crippen molar-refractivity contribution in [2.75, 3.05) is 36.8 Å². The number of aromatic nitrogens is 2. The van der Waals surface area contributed by atoms with Crippen molar-refractivity contribution in [1.82, 2.24) is 9.97 Å². The predicted molar refractivity (Wildman–Crippen MR) is 114 cm³/mol. The molecular weight excluding hydrogens is 376 g/mol. The second-order valence-electron chi connectivity index (χ2n) is 6.98. The van der Waals surface area contributed by atoms with E-state index in [0.29, 0.717) is 40.8 Å². The van der Waals surface area contributed by atoms with Gasteiger partial charge in [-0.05, 0) is 36.3 Å². The smallest absolute Gasteiger partial charge is 0.225 e. The molecule has 1 saturated heterocycles. The molecule has 1 aliphatic rings.